The maximum atomic E-state index is 10.9. The average Bonchev–Trinajstić information content (AvgIpc) is 2.28. The molecule has 1 rings (SSSR count). The number of esters is 1. The van der Waals surface area contributed by atoms with Gasteiger partial charge in [-0.25, -0.2) is 0 Å². The summed E-state index contributed by atoms with van der Waals surface area (Å²) in [5.41, 5.74) is 5.46. The highest BCUT2D eigenvalue weighted by Gasteiger charge is 2.44. The Hall–Kier alpha value is -0.730. The second-order valence-corrected chi connectivity index (χ2v) is 3.26. The quantitative estimate of drug-likeness (QED) is 0.375. The van der Waals surface area contributed by atoms with Crippen molar-refractivity contribution in [2.75, 3.05) is 6.61 Å². The first-order chi connectivity index (χ1) is 7.51. The van der Waals surface area contributed by atoms with Crippen LogP contribution in [0.5, 0.6) is 0 Å². The second-order valence-electron chi connectivity index (χ2n) is 3.26. The Morgan fingerprint density at radius 3 is 2.80 bits per heavy atom. The molecule has 5 N–H and O–H groups in total. The first-order valence-electron chi connectivity index (χ1n) is 5.08. The standard InChI is InChI=1S/C8H15NO6/c1-3(11)14-7-6(13)5(12)4(2-10)15-8(7)9/h4-8,10,12-13H,2,9H2,1H3/t4-,5-,6+,7-,8?/m1/s1/i1D. The molecule has 0 aromatic carbocycles. The molecule has 15 heavy (non-hydrogen) atoms. The lowest BCUT2D eigenvalue weighted by Gasteiger charge is -2.39. The molecule has 5 atom stereocenters. The van der Waals surface area contributed by atoms with Crippen LogP contribution in [0.1, 0.15) is 8.27 Å². The van der Waals surface area contributed by atoms with Gasteiger partial charge in [-0.05, 0) is 0 Å². The van der Waals surface area contributed by atoms with Crippen molar-refractivity contribution < 1.29 is 31.0 Å². The maximum Gasteiger partial charge on any atom is 0.303 e. The SMILES string of the molecule is [2H]CC(=O)O[C@H]1C(N)O[C@H](CO)[C@@H](O)[C@@H]1O. The average molecular weight is 222 g/mol. The van der Waals surface area contributed by atoms with Gasteiger partial charge in [0.2, 0.25) is 0 Å². The molecule has 0 aromatic rings. The van der Waals surface area contributed by atoms with Crippen LogP contribution in [0.4, 0.5) is 0 Å². The van der Waals surface area contributed by atoms with Crippen LogP contribution in [0.15, 0.2) is 0 Å². The number of hydrogen-bond donors (Lipinski definition) is 4. The van der Waals surface area contributed by atoms with Gasteiger partial charge in [0.15, 0.2) is 6.10 Å². The number of nitrogens with two attached hydrogens (primary N) is 1. The fraction of sp³-hybridized carbons (Fsp3) is 0.875. The van der Waals surface area contributed by atoms with Crippen LogP contribution in [-0.2, 0) is 14.3 Å². The number of ether oxygens (including phenoxy) is 2. The third kappa shape index (κ3) is 2.64. The van der Waals surface area contributed by atoms with Crippen LogP contribution in [0.2, 0.25) is 0 Å². The Morgan fingerprint density at radius 1 is 1.60 bits per heavy atom. The molecule has 1 aliphatic heterocycles. The molecule has 1 unspecified atom stereocenters. The highest BCUT2D eigenvalue weighted by molar-refractivity contribution is 5.66. The monoisotopic (exact) mass is 222 g/mol. The fourth-order valence-corrected chi connectivity index (χ4v) is 1.41. The van der Waals surface area contributed by atoms with Crippen molar-refractivity contribution in [1.82, 2.24) is 0 Å². The summed E-state index contributed by atoms with van der Waals surface area (Å²) in [5, 5.41) is 27.9. The van der Waals surface area contributed by atoms with Crippen LogP contribution >= 0.6 is 0 Å². The molecule has 0 bridgehead atoms. The van der Waals surface area contributed by atoms with Gasteiger partial charge in [0, 0.05) is 8.27 Å². The van der Waals surface area contributed by atoms with Gasteiger partial charge in [0.1, 0.15) is 24.5 Å². The van der Waals surface area contributed by atoms with Crippen LogP contribution in [0.3, 0.4) is 0 Å². The first-order valence-corrected chi connectivity index (χ1v) is 4.38. The number of aliphatic hydroxyl groups is 3. The summed E-state index contributed by atoms with van der Waals surface area (Å²) in [7, 11) is 0. The summed E-state index contributed by atoms with van der Waals surface area (Å²) in [6.45, 7) is -1.12. The molecular weight excluding hydrogens is 206 g/mol. The Kier molecular flexibility index (Phi) is 3.49. The molecule has 0 aliphatic carbocycles. The van der Waals surface area contributed by atoms with Gasteiger partial charge < -0.3 is 30.5 Å². The molecule has 0 radical (unpaired) electrons. The summed E-state index contributed by atoms with van der Waals surface area (Å²) in [6, 6.07) is 0. The van der Waals surface area contributed by atoms with E-state index in [9.17, 15) is 15.0 Å². The Balaban J connectivity index is 2.67. The molecule has 1 fully saturated rings. The van der Waals surface area contributed by atoms with E-state index in [-0.39, 0.29) is 0 Å². The van der Waals surface area contributed by atoms with E-state index in [0.717, 1.165) is 0 Å². The van der Waals surface area contributed by atoms with Crippen molar-refractivity contribution in [3.05, 3.63) is 0 Å². The zero-order valence-electron chi connectivity index (χ0n) is 8.94. The fourth-order valence-electron chi connectivity index (χ4n) is 1.41. The summed E-state index contributed by atoms with van der Waals surface area (Å²) in [5.74, 6) is -0.877. The molecular formula is C8H15NO6. The Labute approximate surface area is 87.8 Å². The van der Waals surface area contributed by atoms with E-state index >= 15 is 0 Å². The van der Waals surface area contributed by atoms with E-state index in [2.05, 4.69) is 4.74 Å². The van der Waals surface area contributed by atoms with Gasteiger partial charge in [0.25, 0.3) is 0 Å². The first kappa shape index (κ1) is 10.8. The number of rotatable bonds is 2. The van der Waals surface area contributed by atoms with Crippen LogP contribution < -0.4 is 5.73 Å². The number of carbonyl (C=O) groups excluding carboxylic acids is 1. The van der Waals surface area contributed by atoms with Crippen molar-refractivity contribution in [1.29, 1.82) is 0 Å². The van der Waals surface area contributed by atoms with Crippen molar-refractivity contribution in [3.8, 4) is 0 Å². The third-order valence-electron chi connectivity index (χ3n) is 2.17. The van der Waals surface area contributed by atoms with Gasteiger partial charge in [-0.3, -0.25) is 4.79 Å². The lowest BCUT2D eigenvalue weighted by Crippen LogP contribution is -2.62. The molecule has 0 amide bonds. The van der Waals surface area contributed by atoms with E-state index in [1.807, 2.05) is 0 Å². The number of aliphatic hydroxyl groups excluding tert-OH is 3. The predicted octanol–water partition coefficient (Wildman–Crippen LogP) is -2.68. The lowest BCUT2D eigenvalue weighted by atomic mass is 9.98. The highest BCUT2D eigenvalue weighted by atomic mass is 16.6. The Bertz CT molecular complexity index is 253. The summed E-state index contributed by atoms with van der Waals surface area (Å²) in [6.07, 6.45) is -6.25. The predicted molar refractivity (Wildman–Crippen MR) is 47.5 cm³/mol. The van der Waals surface area contributed by atoms with Crippen molar-refractivity contribution >= 4 is 5.97 Å². The number of hydrogen-bond acceptors (Lipinski definition) is 7. The van der Waals surface area contributed by atoms with Crippen LogP contribution in [-0.4, -0.2) is 58.5 Å². The third-order valence-corrected chi connectivity index (χ3v) is 2.17. The summed E-state index contributed by atoms with van der Waals surface area (Å²) in [4.78, 5) is 10.9. The van der Waals surface area contributed by atoms with Gasteiger partial charge in [-0.1, -0.05) is 0 Å². The zero-order valence-corrected chi connectivity index (χ0v) is 7.94. The maximum absolute atomic E-state index is 10.9. The summed E-state index contributed by atoms with van der Waals surface area (Å²) >= 11 is 0. The van der Waals surface area contributed by atoms with E-state index in [4.69, 9.17) is 16.9 Å². The van der Waals surface area contributed by atoms with Gasteiger partial charge in [0.05, 0.1) is 6.61 Å². The largest absolute Gasteiger partial charge is 0.455 e. The minimum absolute atomic E-state index is 0.509. The lowest BCUT2D eigenvalue weighted by molar-refractivity contribution is -0.236. The van der Waals surface area contributed by atoms with Crippen molar-refractivity contribution in [3.63, 3.8) is 0 Å². The second kappa shape index (κ2) is 4.86. The molecule has 0 spiro atoms. The molecule has 1 heterocycles. The van der Waals surface area contributed by atoms with Crippen LogP contribution in [0.25, 0.3) is 0 Å². The van der Waals surface area contributed by atoms with Gasteiger partial charge in [-0.2, -0.15) is 0 Å². The molecule has 0 aromatic heterocycles. The molecule has 1 aliphatic rings. The number of carbonyl (C=O) groups is 1. The minimum Gasteiger partial charge on any atom is -0.455 e. The highest BCUT2D eigenvalue weighted by Crippen LogP contribution is 2.20. The molecule has 7 heteroatoms. The van der Waals surface area contributed by atoms with Gasteiger partial charge in [-0.15, -0.1) is 0 Å². The molecule has 7 nitrogen and oxygen atoms in total. The van der Waals surface area contributed by atoms with Crippen LogP contribution in [0, 0.1) is 0 Å². The van der Waals surface area contributed by atoms with Gasteiger partial charge >= 0.3 is 5.97 Å². The summed E-state index contributed by atoms with van der Waals surface area (Å²) < 4.78 is 16.4. The van der Waals surface area contributed by atoms with E-state index < -0.39 is 50.1 Å². The minimum atomic E-state index is -1.45. The van der Waals surface area contributed by atoms with E-state index in [1.54, 1.807) is 0 Å². The van der Waals surface area contributed by atoms with Crippen molar-refractivity contribution in [2.24, 2.45) is 5.73 Å². The normalized spacial score (nSPS) is 42.1. The molecule has 88 valence electrons. The van der Waals surface area contributed by atoms with E-state index in [1.165, 1.54) is 0 Å². The Morgan fingerprint density at radius 2 is 2.27 bits per heavy atom. The van der Waals surface area contributed by atoms with Crippen molar-refractivity contribution in [2.45, 2.75) is 37.5 Å². The molecule has 0 saturated carbocycles. The topological polar surface area (TPSA) is 122 Å². The smallest absolute Gasteiger partial charge is 0.303 e. The molecule has 1 saturated heterocycles. The van der Waals surface area contributed by atoms with E-state index in [0.29, 0.717) is 0 Å². The zero-order chi connectivity index (χ0) is 12.3.